The molecule has 1 rings (SSSR count). The average molecular weight is 266 g/mol. The van der Waals surface area contributed by atoms with E-state index in [9.17, 15) is 4.79 Å². The summed E-state index contributed by atoms with van der Waals surface area (Å²) in [7, 11) is 0. The molecule has 0 saturated carbocycles. The lowest BCUT2D eigenvalue weighted by atomic mass is 10.1. The Hall–Kier alpha value is -1.50. The lowest BCUT2D eigenvalue weighted by molar-refractivity contribution is -0.116. The molecule has 0 fully saturated rings. The van der Waals surface area contributed by atoms with Gasteiger partial charge < -0.3 is 10.4 Å². The molecule has 0 heterocycles. The van der Waals surface area contributed by atoms with Gasteiger partial charge in [-0.05, 0) is 24.6 Å². The van der Waals surface area contributed by atoms with Crippen molar-refractivity contribution in [3.8, 4) is 11.8 Å². The number of hydrogen-bond donors (Lipinski definition) is 2. The smallest absolute Gasteiger partial charge is 0.224 e. The van der Waals surface area contributed by atoms with Gasteiger partial charge in [0.15, 0.2) is 0 Å². The fourth-order valence-electron chi connectivity index (χ4n) is 1.38. The quantitative estimate of drug-likeness (QED) is 0.823. The number of aliphatic hydroxyl groups is 1. The van der Waals surface area contributed by atoms with Crippen molar-refractivity contribution in [3.63, 3.8) is 0 Å². The van der Waals surface area contributed by atoms with Gasteiger partial charge in [-0.2, -0.15) is 0 Å². The van der Waals surface area contributed by atoms with Gasteiger partial charge in [-0.1, -0.05) is 30.4 Å². The summed E-state index contributed by atoms with van der Waals surface area (Å²) in [6, 6.07) is 5.15. The van der Waals surface area contributed by atoms with Crippen LogP contribution >= 0.6 is 11.6 Å². The van der Waals surface area contributed by atoms with Gasteiger partial charge >= 0.3 is 0 Å². The number of hydrogen-bond acceptors (Lipinski definition) is 2. The zero-order chi connectivity index (χ0) is 13.4. The zero-order valence-electron chi connectivity index (χ0n) is 10.3. The van der Waals surface area contributed by atoms with E-state index in [-0.39, 0.29) is 12.5 Å². The van der Waals surface area contributed by atoms with E-state index in [1.165, 1.54) is 0 Å². The van der Waals surface area contributed by atoms with E-state index in [0.717, 1.165) is 6.42 Å². The van der Waals surface area contributed by atoms with Crippen molar-refractivity contribution in [1.82, 2.24) is 0 Å². The fourth-order valence-corrected chi connectivity index (χ4v) is 1.55. The highest BCUT2D eigenvalue weighted by Gasteiger charge is 2.05. The van der Waals surface area contributed by atoms with E-state index in [0.29, 0.717) is 29.1 Å². The van der Waals surface area contributed by atoms with E-state index < -0.39 is 0 Å². The molecule has 3 nitrogen and oxygen atoms in total. The molecule has 4 heteroatoms. The number of nitrogens with one attached hydrogen (secondary N) is 1. The molecule has 1 aromatic rings. The second-order valence-corrected chi connectivity index (χ2v) is 4.20. The molecule has 0 bridgehead atoms. The molecular weight excluding hydrogens is 250 g/mol. The minimum atomic E-state index is -0.0370. The van der Waals surface area contributed by atoms with Gasteiger partial charge in [-0.15, -0.1) is 0 Å². The topological polar surface area (TPSA) is 49.3 Å². The van der Waals surface area contributed by atoms with Crippen LogP contribution in [0.1, 0.15) is 31.7 Å². The maximum atomic E-state index is 11.5. The Morgan fingerprint density at radius 1 is 1.50 bits per heavy atom. The molecule has 2 N–H and O–H groups in total. The number of rotatable bonds is 4. The summed E-state index contributed by atoms with van der Waals surface area (Å²) in [5.41, 5.74) is 1.32. The third kappa shape index (κ3) is 4.79. The lowest BCUT2D eigenvalue weighted by Crippen LogP contribution is -2.11. The standard InChI is InChI=1S/C14H16ClNO2/c1-2-5-14(18)16-13-8-7-12(15)10-11(13)6-3-4-9-17/h7-8,10,17H,2,4-5,9H2,1H3,(H,16,18). The summed E-state index contributed by atoms with van der Waals surface area (Å²) in [5.74, 6) is 5.67. The Balaban J connectivity index is 2.90. The molecule has 0 atom stereocenters. The highest BCUT2D eigenvalue weighted by atomic mass is 35.5. The summed E-state index contributed by atoms with van der Waals surface area (Å²) in [5, 5.41) is 12.1. The average Bonchev–Trinajstić information content (AvgIpc) is 2.33. The highest BCUT2D eigenvalue weighted by molar-refractivity contribution is 6.30. The third-order valence-corrected chi connectivity index (χ3v) is 2.43. The number of anilines is 1. The van der Waals surface area contributed by atoms with Gasteiger partial charge in [-0.3, -0.25) is 4.79 Å². The van der Waals surface area contributed by atoms with Crippen molar-refractivity contribution in [2.45, 2.75) is 26.2 Å². The minimum Gasteiger partial charge on any atom is -0.395 e. The van der Waals surface area contributed by atoms with Crippen molar-refractivity contribution >= 4 is 23.2 Å². The minimum absolute atomic E-state index is 0.0189. The number of aliphatic hydroxyl groups excluding tert-OH is 1. The summed E-state index contributed by atoms with van der Waals surface area (Å²) < 4.78 is 0. The third-order valence-electron chi connectivity index (χ3n) is 2.19. The Kier molecular flexibility index (Phi) is 6.27. The molecule has 0 aromatic heterocycles. The first-order valence-corrected chi connectivity index (χ1v) is 6.24. The van der Waals surface area contributed by atoms with Crippen LogP contribution in [0.5, 0.6) is 0 Å². The number of carbonyl (C=O) groups excluding carboxylic acids is 1. The van der Waals surface area contributed by atoms with Crippen LogP contribution in [0.2, 0.25) is 5.02 Å². The van der Waals surface area contributed by atoms with Crippen molar-refractivity contribution in [2.75, 3.05) is 11.9 Å². The van der Waals surface area contributed by atoms with Crippen LogP contribution in [-0.2, 0) is 4.79 Å². The summed E-state index contributed by atoms with van der Waals surface area (Å²) >= 11 is 5.90. The summed E-state index contributed by atoms with van der Waals surface area (Å²) in [4.78, 5) is 11.5. The highest BCUT2D eigenvalue weighted by Crippen LogP contribution is 2.20. The van der Waals surface area contributed by atoms with Crippen LogP contribution < -0.4 is 5.32 Å². The first-order valence-electron chi connectivity index (χ1n) is 5.86. The molecule has 0 aliphatic rings. The first kappa shape index (κ1) is 14.6. The predicted octanol–water partition coefficient (Wildman–Crippen LogP) is 2.81. The molecule has 18 heavy (non-hydrogen) atoms. The predicted molar refractivity (Wildman–Crippen MR) is 73.6 cm³/mol. The molecular formula is C14H16ClNO2. The van der Waals surface area contributed by atoms with E-state index in [1.54, 1.807) is 18.2 Å². The van der Waals surface area contributed by atoms with E-state index in [1.807, 2.05) is 6.92 Å². The Morgan fingerprint density at radius 2 is 2.28 bits per heavy atom. The van der Waals surface area contributed by atoms with Crippen LogP contribution in [0.3, 0.4) is 0 Å². The van der Waals surface area contributed by atoms with Crippen LogP contribution in [0.4, 0.5) is 5.69 Å². The van der Waals surface area contributed by atoms with Gasteiger partial charge in [0.2, 0.25) is 5.91 Å². The van der Waals surface area contributed by atoms with Gasteiger partial charge in [0, 0.05) is 23.4 Å². The lowest BCUT2D eigenvalue weighted by Gasteiger charge is -2.07. The first-order chi connectivity index (χ1) is 8.67. The normalized spacial score (nSPS) is 9.50. The number of benzene rings is 1. The summed E-state index contributed by atoms with van der Waals surface area (Å²) in [6.45, 7) is 1.97. The van der Waals surface area contributed by atoms with Gasteiger partial charge in [0.25, 0.3) is 0 Å². The molecule has 0 saturated heterocycles. The van der Waals surface area contributed by atoms with E-state index >= 15 is 0 Å². The van der Waals surface area contributed by atoms with Crippen LogP contribution in [0, 0.1) is 11.8 Å². The van der Waals surface area contributed by atoms with Crippen molar-refractivity contribution in [2.24, 2.45) is 0 Å². The molecule has 1 aromatic carbocycles. The van der Waals surface area contributed by atoms with Crippen molar-refractivity contribution in [3.05, 3.63) is 28.8 Å². The summed E-state index contributed by atoms with van der Waals surface area (Å²) in [6.07, 6.45) is 1.67. The molecule has 0 aliphatic heterocycles. The number of halogens is 1. The van der Waals surface area contributed by atoms with Crippen LogP contribution in [-0.4, -0.2) is 17.6 Å². The molecule has 0 spiro atoms. The van der Waals surface area contributed by atoms with Gasteiger partial charge in [0.05, 0.1) is 12.3 Å². The Morgan fingerprint density at radius 3 is 2.94 bits per heavy atom. The van der Waals surface area contributed by atoms with Gasteiger partial charge in [0.1, 0.15) is 0 Å². The second-order valence-electron chi connectivity index (χ2n) is 3.76. The number of carbonyl (C=O) groups is 1. The van der Waals surface area contributed by atoms with Gasteiger partial charge in [-0.25, -0.2) is 0 Å². The monoisotopic (exact) mass is 265 g/mol. The molecule has 0 unspecified atom stereocenters. The fraction of sp³-hybridized carbons (Fsp3) is 0.357. The molecule has 0 aliphatic carbocycles. The maximum absolute atomic E-state index is 11.5. The SMILES string of the molecule is CCCC(=O)Nc1ccc(Cl)cc1C#CCCO. The Bertz CT molecular complexity index is 474. The van der Waals surface area contributed by atoms with Crippen molar-refractivity contribution in [1.29, 1.82) is 0 Å². The van der Waals surface area contributed by atoms with Crippen LogP contribution in [0.15, 0.2) is 18.2 Å². The zero-order valence-corrected chi connectivity index (χ0v) is 11.0. The maximum Gasteiger partial charge on any atom is 0.224 e. The van der Waals surface area contributed by atoms with Crippen LogP contribution in [0.25, 0.3) is 0 Å². The largest absolute Gasteiger partial charge is 0.395 e. The molecule has 96 valence electrons. The van der Waals surface area contributed by atoms with E-state index in [4.69, 9.17) is 16.7 Å². The Labute approximate surface area is 112 Å². The van der Waals surface area contributed by atoms with E-state index in [2.05, 4.69) is 17.2 Å². The van der Waals surface area contributed by atoms with Crippen molar-refractivity contribution < 1.29 is 9.90 Å². The second kappa shape index (κ2) is 7.75. The molecule has 0 radical (unpaired) electrons. The number of amides is 1. The molecule has 1 amide bonds.